The smallest absolute Gasteiger partial charge is 0.267 e. The molecule has 0 aliphatic heterocycles. The quantitative estimate of drug-likeness (QED) is 0.742. The zero-order valence-corrected chi connectivity index (χ0v) is 13.9. The van der Waals surface area contributed by atoms with Crippen LogP contribution in [0.2, 0.25) is 10.0 Å². The topological polar surface area (TPSA) is 60.9 Å². The van der Waals surface area contributed by atoms with Gasteiger partial charge in [-0.15, -0.1) is 0 Å². The van der Waals surface area contributed by atoms with Gasteiger partial charge in [-0.3, -0.25) is 9.36 Å². The maximum atomic E-state index is 13.6. The molecule has 2 aromatic carbocycles. The van der Waals surface area contributed by atoms with Gasteiger partial charge in [0.15, 0.2) is 0 Å². The van der Waals surface area contributed by atoms with Crippen LogP contribution in [0.4, 0.5) is 8.78 Å². The molecule has 0 spiro atoms. The molecule has 1 atom stereocenters. The molecule has 24 heavy (non-hydrogen) atoms. The monoisotopic (exact) mass is 369 g/mol. The van der Waals surface area contributed by atoms with Gasteiger partial charge in [0.2, 0.25) is 0 Å². The summed E-state index contributed by atoms with van der Waals surface area (Å²) in [6.07, 6.45) is 0. The van der Waals surface area contributed by atoms with Gasteiger partial charge >= 0.3 is 0 Å². The van der Waals surface area contributed by atoms with Gasteiger partial charge in [-0.2, -0.15) is 0 Å². The summed E-state index contributed by atoms with van der Waals surface area (Å²) in [4.78, 5) is 17.2. The average molecular weight is 370 g/mol. The third-order valence-electron chi connectivity index (χ3n) is 3.46. The Morgan fingerprint density at radius 3 is 2.29 bits per heavy atom. The fraction of sp³-hybridized carbons (Fsp3) is 0.125. The Labute approximate surface area is 145 Å². The average Bonchev–Trinajstić information content (AvgIpc) is 2.49. The highest BCUT2D eigenvalue weighted by Gasteiger charge is 2.19. The Morgan fingerprint density at radius 2 is 1.71 bits per heavy atom. The van der Waals surface area contributed by atoms with Crippen molar-refractivity contribution in [3.05, 3.63) is 68.2 Å². The van der Waals surface area contributed by atoms with Gasteiger partial charge in [0.05, 0.1) is 32.7 Å². The third kappa shape index (κ3) is 2.77. The standard InChI is InChI=1S/C16H11Cl2F2N3O/c1-7(21)15-22-14-12(18)3-2-11(17)13(14)16(24)23(15)10-5-8(19)4-9(20)6-10/h2-7H,21H2,1H3. The number of benzene rings is 2. The molecule has 124 valence electrons. The van der Waals surface area contributed by atoms with E-state index in [0.29, 0.717) is 6.07 Å². The second kappa shape index (κ2) is 6.12. The van der Waals surface area contributed by atoms with Crippen LogP contribution in [-0.2, 0) is 0 Å². The van der Waals surface area contributed by atoms with Gasteiger partial charge in [0, 0.05) is 6.07 Å². The lowest BCUT2D eigenvalue weighted by Crippen LogP contribution is -2.28. The summed E-state index contributed by atoms with van der Waals surface area (Å²) in [6.45, 7) is 1.60. The molecule has 8 heteroatoms. The minimum atomic E-state index is -0.829. The van der Waals surface area contributed by atoms with Gasteiger partial charge in [-0.1, -0.05) is 23.2 Å². The summed E-state index contributed by atoms with van der Waals surface area (Å²) in [7, 11) is 0. The molecule has 1 heterocycles. The van der Waals surface area contributed by atoms with E-state index in [4.69, 9.17) is 28.9 Å². The van der Waals surface area contributed by atoms with E-state index in [1.807, 2.05) is 0 Å². The lowest BCUT2D eigenvalue weighted by Gasteiger charge is -2.17. The van der Waals surface area contributed by atoms with E-state index in [1.165, 1.54) is 12.1 Å². The normalized spacial score (nSPS) is 12.6. The van der Waals surface area contributed by atoms with Crippen molar-refractivity contribution in [2.75, 3.05) is 0 Å². The van der Waals surface area contributed by atoms with Gasteiger partial charge in [0.1, 0.15) is 17.5 Å². The van der Waals surface area contributed by atoms with Gasteiger partial charge < -0.3 is 5.73 Å². The van der Waals surface area contributed by atoms with E-state index in [0.717, 1.165) is 16.7 Å². The summed E-state index contributed by atoms with van der Waals surface area (Å²) < 4.78 is 28.2. The molecule has 0 aliphatic carbocycles. The Kier molecular flexibility index (Phi) is 4.29. The van der Waals surface area contributed by atoms with E-state index in [9.17, 15) is 13.6 Å². The van der Waals surface area contributed by atoms with Gasteiger partial charge in [0.25, 0.3) is 5.56 Å². The molecule has 1 aromatic heterocycles. The molecule has 0 fully saturated rings. The van der Waals surface area contributed by atoms with Crippen LogP contribution in [0.5, 0.6) is 0 Å². The highest BCUT2D eigenvalue weighted by Crippen LogP contribution is 2.28. The molecule has 0 amide bonds. The lowest BCUT2D eigenvalue weighted by molar-refractivity contribution is 0.579. The van der Waals surface area contributed by atoms with Crippen molar-refractivity contribution < 1.29 is 8.78 Å². The van der Waals surface area contributed by atoms with Crippen molar-refractivity contribution in [3.8, 4) is 5.69 Å². The summed E-state index contributed by atoms with van der Waals surface area (Å²) >= 11 is 12.2. The summed E-state index contributed by atoms with van der Waals surface area (Å²) in [5.41, 5.74) is 5.44. The first-order valence-corrected chi connectivity index (χ1v) is 7.68. The van der Waals surface area contributed by atoms with Crippen molar-refractivity contribution in [3.63, 3.8) is 0 Å². The summed E-state index contributed by atoms with van der Waals surface area (Å²) in [5.74, 6) is -1.55. The van der Waals surface area contributed by atoms with Crippen LogP contribution >= 0.6 is 23.2 Å². The fourth-order valence-electron chi connectivity index (χ4n) is 2.46. The maximum absolute atomic E-state index is 13.6. The first-order valence-electron chi connectivity index (χ1n) is 6.92. The molecule has 0 radical (unpaired) electrons. The van der Waals surface area contributed by atoms with E-state index in [2.05, 4.69) is 4.98 Å². The predicted molar refractivity (Wildman–Crippen MR) is 89.9 cm³/mol. The van der Waals surface area contributed by atoms with Crippen LogP contribution in [0, 0.1) is 11.6 Å². The number of nitrogens with two attached hydrogens (primary N) is 1. The molecule has 0 saturated heterocycles. The highest BCUT2D eigenvalue weighted by atomic mass is 35.5. The van der Waals surface area contributed by atoms with Crippen LogP contribution in [0.25, 0.3) is 16.6 Å². The van der Waals surface area contributed by atoms with Gasteiger partial charge in [-0.25, -0.2) is 13.8 Å². The molecule has 0 bridgehead atoms. The van der Waals surface area contributed by atoms with E-state index >= 15 is 0 Å². The number of halogens is 4. The van der Waals surface area contributed by atoms with E-state index in [1.54, 1.807) is 6.92 Å². The number of hydrogen-bond donors (Lipinski definition) is 1. The van der Waals surface area contributed by atoms with Crippen molar-refractivity contribution in [1.29, 1.82) is 0 Å². The van der Waals surface area contributed by atoms with Crippen molar-refractivity contribution in [2.24, 2.45) is 5.73 Å². The minimum absolute atomic E-state index is 0.0322. The third-order valence-corrected chi connectivity index (χ3v) is 4.08. The molecule has 4 nitrogen and oxygen atoms in total. The Morgan fingerprint density at radius 1 is 1.12 bits per heavy atom. The Hall–Kier alpha value is -2.02. The SMILES string of the molecule is CC(N)c1nc2c(Cl)ccc(Cl)c2c(=O)n1-c1cc(F)cc(F)c1. The van der Waals surface area contributed by atoms with Gasteiger partial charge in [-0.05, 0) is 31.2 Å². The van der Waals surface area contributed by atoms with Crippen LogP contribution in [0.3, 0.4) is 0 Å². The second-order valence-corrected chi connectivity index (χ2v) is 6.09. The maximum Gasteiger partial charge on any atom is 0.267 e. The number of rotatable bonds is 2. The molecule has 3 rings (SSSR count). The van der Waals surface area contributed by atoms with Crippen LogP contribution in [-0.4, -0.2) is 9.55 Å². The number of aromatic nitrogens is 2. The Balaban J connectivity index is 2.51. The second-order valence-electron chi connectivity index (χ2n) is 5.28. The largest absolute Gasteiger partial charge is 0.322 e. The van der Waals surface area contributed by atoms with Crippen LogP contribution in [0.15, 0.2) is 35.1 Å². The zero-order valence-electron chi connectivity index (χ0n) is 12.4. The lowest BCUT2D eigenvalue weighted by atomic mass is 10.2. The first-order chi connectivity index (χ1) is 11.3. The molecule has 2 N–H and O–H groups in total. The summed E-state index contributed by atoms with van der Waals surface area (Å²) in [6, 6.07) is 5.01. The van der Waals surface area contributed by atoms with E-state index < -0.39 is 23.2 Å². The molecule has 0 aliphatic rings. The molecular formula is C16H11Cl2F2N3O. The number of hydrogen-bond acceptors (Lipinski definition) is 3. The van der Waals surface area contributed by atoms with Crippen LogP contribution < -0.4 is 11.3 Å². The highest BCUT2D eigenvalue weighted by molar-refractivity contribution is 6.39. The number of nitrogens with zero attached hydrogens (tertiary/aromatic N) is 2. The molecule has 3 aromatic rings. The van der Waals surface area contributed by atoms with Crippen molar-refractivity contribution in [1.82, 2.24) is 9.55 Å². The Bertz CT molecular complexity index is 998. The first kappa shape index (κ1) is 16.8. The summed E-state index contributed by atoms with van der Waals surface area (Å²) in [5, 5.41) is 0.415. The fourth-order valence-corrected chi connectivity index (χ4v) is 2.89. The molecule has 1 unspecified atom stereocenters. The minimum Gasteiger partial charge on any atom is -0.322 e. The predicted octanol–water partition coefficient (Wildman–Crippen LogP) is 3.99. The molecule has 0 saturated carbocycles. The van der Waals surface area contributed by atoms with Crippen LogP contribution in [0.1, 0.15) is 18.8 Å². The number of fused-ring (bicyclic) bond motifs is 1. The van der Waals surface area contributed by atoms with Crippen molar-refractivity contribution in [2.45, 2.75) is 13.0 Å². The van der Waals surface area contributed by atoms with E-state index in [-0.39, 0.29) is 32.5 Å². The zero-order chi connectivity index (χ0) is 17.6. The van der Waals surface area contributed by atoms with Crippen molar-refractivity contribution >= 4 is 34.1 Å². The molecular weight excluding hydrogens is 359 g/mol.